The maximum atomic E-state index is 13.2. The Morgan fingerprint density at radius 1 is 1.08 bits per heavy atom. The van der Waals surface area contributed by atoms with Gasteiger partial charge in [-0.3, -0.25) is 0 Å². The SMILES string of the molecule is Cc1ccc(C)c(C[N+]2=C3C=CSC3C(=O)N(c3ccccc3)C2=O)c1. The van der Waals surface area contributed by atoms with E-state index in [4.69, 9.17) is 0 Å². The fourth-order valence-corrected chi connectivity index (χ4v) is 4.26. The summed E-state index contributed by atoms with van der Waals surface area (Å²) in [5.74, 6) is -0.177. The van der Waals surface area contributed by atoms with Gasteiger partial charge >= 0.3 is 11.9 Å². The zero-order valence-corrected chi connectivity index (χ0v) is 15.5. The lowest BCUT2D eigenvalue weighted by Gasteiger charge is -2.24. The van der Waals surface area contributed by atoms with Crippen LogP contribution in [0.15, 0.2) is 60.0 Å². The minimum atomic E-state index is -0.363. The Balaban J connectivity index is 1.80. The highest BCUT2D eigenvalue weighted by Gasteiger charge is 2.49. The summed E-state index contributed by atoms with van der Waals surface area (Å²) in [6, 6.07) is 15.1. The summed E-state index contributed by atoms with van der Waals surface area (Å²) in [6.45, 7) is 4.55. The average molecular weight is 363 g/mol. The summed E-state index contributed by atoms with van der Waals surface area (Å²) in [6.07, 6.45) is 1.89. The number of hydrogen-bond acceptors (Lipinski definition) is 3. The third kappa shape index (κ3) is 2.78. The minimum absolute atomic E-state index is 0.177. The molecule has 0 saturated heterocycles. The molecule has 0 N–H and O–H groups in total. The van der Waals surface area contributed by atoms with E-state index in [9.17, 15) is 9.59 Å². The highest BCUT2D eigenvalue weighted by Crippen LogP contribution is 2.31. The molecule has 0 saturated carbocycles. The maximum absolute atomic E-state index is 13.2. The van der Waals surface area contributed by atoms with Crippen molar-refractivity contribution in [3.05, 3.63) is 76.7 Å². The lowest BCUT2D eigenvalue weighted by atomic mass is 10.0. The molecule has 0 radical (unpaired) electrons. The molecule has 2 heterocycles. The van der Waals surface area contributed by atoms with Gasteiger partial charge in [-0.2, -0.15) is 9.37 Å². The first-order valence-corrected chi connectivity index (χ1v) is 9.46. The van der Waals surface area contributed by atoms with Crippen LogP contribution in [-0.2, 0) is 11.3 Å². The Bertz CT molecular complexity index is 963. The molecule has 26 heavy (non-hydrogen) atoms. The van der Waals surface area contributed by atoms with Crippen molar-refractivity contribution in [2.45, 2.75) is 25.6 Å². The van der Waals surface area contributed by atoms with Crippen molar-refractivity contribution in [3.63, 3.8) is 0 Å². The van der Waals surface area contributed by atoms with Crippen molar-refractivity contribution in [2.75, 3.05) is 4.90 Å². The lowest BCUT2D eigenvalue weighted by molar-refractivity contribution is -0.444. The number of thioether (sulfide) groups is 1. The topological polar surface area (TPSA) is 40.4 Å². The first-order chi connectivity index (χ1) is 12.6. The van der Waals surface area contributed by atoms with Crippen molar-refractivity contribution in [1.82, 2.24) is 0 Å². The quantitative estimate of drug-likeness (QED) is 0.773. The second kappa shape index (κ2) is 6.57. The van der Waals surface area contributed by atoms with E-state index in [0.717, 1.165) is 22.4 Å². The summed E-state index contributed by atoms with van der Waals surface area (Å²) >= 11 is 1.45. The largest absolute Gasteiger partial charge is 0.506 e. The van der Waals surface area contributed by atoms with Crippen LogP contribution in [0.4, 0.5) is 10.5 Å². The van der Waals surface area contributed by atoms with Crippen molar-refractivity contribution in [3.8, 4) is 0 Å². The minimum Gasteiger partial charge on any atom is -0.244 e. The van der Waals surface area contributed by atoms with E-state index in [0.29, 0.717) is 12.2 Å². The standard InChI is InChI=1S/C21H19N2O2S/c1-14-8-9-15(2)16(12-14)13-22-18-10-11-26-19(18)20(24)23(21(22)25)17-6-4-3-5-7-17/h3-12,19H,13H2,1-2H3/q+1. The fourth-order valence-electron chi connectivity index (χ4n) is 3.32. The number of benzene rings is 2. The number of rotatable bonds is 3. The van der Waals surface area contributed by atoms with Gasteiger partial charge in [0.25, 0.3) is 0 Å². The van der Waals surface area contributed by atoms with Crippen LogP contribution in [0.2, 0.25) is 0 Å². The van der Waals surface area contributed by atoms with Crippen LogP contribution >= 0.6 is 11.8 Å². The van der Waals surface area contributed by atoms with Crippen LogP contribution in [0.3, 0.4) is 0 Å². The Labute approximate surface area is 156 Å². The molecule has 0 aliphatic carbocycles. The molecule has 2 aliphatic heterocycles. The van der Waals surface area contributed by atoms with Crippen molar-refractivity contribution in [2.24, 2.45) is 0 Å². The molecule has 1 atom stereocenters. The fraction of sp³-hybridized carbons (Fsp3) is 0.190. The number of aryl methyl sites for hydroxylation is 2. The summed E-state index contributed by atoms with van der Waals surface area (Å²) in [7, 11) is 0. The Kier molecular flexibility index (Phi) is 4.24. The number of fused-ring (bicyclic) bond motifs is 1. The lowest BCUT2D eigenvalue weighted by Crippen LogP contribution is -2.55. The van der Waals surface area contributed by atoms with E-state index in [1.807, 2.05) is 43.5 Å². The predicted molar refractivity (Wildman–Crippen MR) is 105 cm³/mol. The third-order valence-corrected chi connectivity index (χ3v) is 5.76. The summed E-state index contributed by atoms with van der Waals surface area (Å²) in [5.41, 5.74) is 4.78. The zero-order chi connectivity index (χ0) is 18.3. The Morgan fingerprint density at radius 2 is 1.85 bits per heavy atom. The number of imide groups is 1. The van der Waals surface area contributed by atoms with Crippen LogP contribution < -0.4 is 4.90 Å². The first kappa shape index (κ1) is 16.8. The molecule has 5 heteroatoms. The number of allylic oxidation sites excluding steroid dienone is 1. The Morgan fingerprint density at radius 3 is 2.62 bits per heavy atom. The molecule has 0 fully saturated rings. The molecular weight excluding hydrogens is 344 g/mol. The van der Waals surface area contributed by atoms with Gasteiger partial charge in [-0.1, -0.05) is 42.0 Å². The van der Waals surface area contributed by atoms with Gasteiger partial charge in [0.15, 0.2) is 5.25 Å². The highest BCUT2D eigenvalue weighted by atomic mass is 32.2. The van der Waals surface area contributed by atoms with Gasteiger partial charge in [0.1, 0.15) is 17.9 Å². The number of carbonyl (C=O) groups is 2. The van der Waals surface area contributed by atoms with E-state index < -0.39 is 0 Å². The van der Waals surface area contributed by atoms with Gasteiger partial charge in [0.05, 0.1) is 0 Å². The van der Waals surface area contributed by atoms with Crippen LogP contribution in [0.5, 0.6) is 0 Å². The molecule has 4 nitrogen and oxygen atoms in total. The van der Waals surface area contributed by atoms with Gasteiger partial charge in [-0.05, 0) is 48.6 Å². The molecule has 2 aromatic rings. The first-order valence-electron chi connectivity index (χ1n) is 8.52. The third-order valence-electron chi connectivity index (χ3n) is 4.75. The molecule has 4 rings (SSSR count). The van der Waals surface area contributed by atoms with E-state index in [2.05, 4.69) is 18.2 Å². The smallest absolute Gasteiger partial charge is 0.244 e. The zero-order valence-electron chi connectivity index (χ0n) is 14.7. The monoisotopic (exact) mass is 363 g/mol. The molecule has 1 unspecified atom stereocenters. The molecular formula is C21H19N2O2S+. The predicted octanol–water partition coefficient (Wildman–Crippen LogP) is 4.05. The van der Waals surface area contributed by atoms with Crippen LogP contribution in [0, 0.1) is 13.8 Å². The number of para-hydroxylation sites is 1. The molecule has 0 spiro atoms. The summed E-state index contributed by atoms with van der Waals surface area (Å²) in [5, 5.41) is 1.54. The summed E-state index contributed by atoms with van der Waals surface area (Å²) < 4.78 is 1.73. The van der Waals surface area contributed by atoms with Gasteiger partial charge in [-0.25, -0.2) is 4.79 Å². The van der Waals surface area contributed by atoms with Crippen LogP contribution in [0.1, 0.15) is 16.7 Å². The number of hydrogen-bond donors (Lipinski definition) is 0. The number of urea groups is 1. The van der Waals surface area contributed by atoms with Gasteiger partial charge < -0.3 is 0 Å². The van der Waals surface area contributed by atoms with Crippen LogP contribution in [-0.4, -0.2) is 27.5 Å². The second-order valence-electron chi connectivity index (χ2n) is 6.55. The van der Waals surface area contributed by atoms with Gasteiger partial charge in [0.2, 0.25) is 0 Å². The van der Waals surface area contributed by atoms with Crippen molar-refractivity contribution < 1.29 is 14.2 Å². The number of nitrogens with zero attached hydrogens (tertiary/aromatic N) is 2. The molecule has 0 aromatic heterocycles. The molecule has 2 aliphatic rings. The second-order valence-corrected chi connectivity index (χ2v) is 7.57. The van der Waals surface area contributed by atoms with E-state index in [-0.39, 0.29) is 17.2 Å². The molecule has 0 bridgehead atoms. The maximum Gasteiger partial charge on any atom is 0.506 e. The van der Waals surface area contributed by atoms with Crippen molar-refractivity contribution in [1.29, 1.82) is 0 Å². The highest BCUT2D eigenvalue weighted by molar-refractivity contribution is 8.04. The summed E-state index contributed by atoms with van der Waals surface area (Å²) in [4.78, 5) is 27.5. The van der Waals surface area contributed by atoms with E-state index in [1.165, 1.54) is 16.7 Å². The van der Waals surface area contributed by atoms with Gasteiger partial charge in [0, 0.05) is 0 Å². The molecule has 130 valence electrons. The van der Waals surface area contributed by atoms with E-state index >= 15 is 0 Å². The van der Waals surface area contributed by atoms with Gasteiger partial charge in [-0.15, -0.1) is 16.7 Å². The van der Waals surface area contributed by atoms with Crippen molar-refractivity contribution >= 4 is 35.1 Å². The number of amides is 3. The normalized spacial score (nSPS) is 19.3. The number of anilines is 1. The molecule has 3 amide bonds. The van der Waals surface area contributed by atoms with Crippen LogP contribution in [0.25, 0.3) is 0 Å². The Hall–Kier alpha value is -2.66. The molecule has 2 aromatic carbocycles. The average Bonchev–Trinajstić information content (AvgIpc) is 3.12. The van der Waals surface area contributed by atoms with E-state index in [1.54, 1.807) is 16.7 Å². The number of carbonyl (C=O) groups excluding carboxylic acids is 2.